The van der Waals surface area contributed by atoms with Crippen molar-refractivity contribution in [1.82, 2.24) is 0 Å². The minimum Gasteiger partial charge on any atom is -0.367 e. The zero-order valence-corrected chi connectivity index (χ0v) is 11.4. The predicted molar refractivity (Wildman–Crippen MR) is 77.9 cm³/mol. The topological polar surface area (TPSA) is 81.5 Å². The molecule has 0 aliphatic carbocycles. The van der Waals surface area contributed by atoms with E-state index in [1.165, 1.54) is 31.4 Å². The molecule has 0 saturated heterocycles. The number of carbonyl (C=O) groups is 1. The maximum Gasteiger partial charge on any atom is 0.269 e. The highest BCUT2D eigenvalue weighted by Crippen LogP contribution is 2.20. The molecule has 6 nitrogen and oxygen atoms in total. The zero-order chi connectivity index (χ0) is 15.2. The van der Waals surface area contributed by atoms with Crippen LogP contribution in [0.25, 0.3) is 0 Å². The van der Waals surface area contributed by atoms with Crippen LogP contribution in [0.2, 0.25) is 0 Å². The smallest absolute Gasteiger partial charge is 0.269 e. The quantitative estimate of drug-likeness (QED) is 0.676. The summed E-state index contributed by atoms with van der Waals surface area (Å²) in [5.41, 5.74) is 1.18. The highest BCUT2D eigenvalue weighted by atomic mass is 16.6. The van der Waals surface area contributed by atoms with E-state index in [9.17, 15) is 14.9 Å². The summed E-state index contributed by atoms with van der Waals surface area (Å²) in [6, 6.07) is 14.7. The van der Waals surface area contributed by atoms with Crippen molar-refractivity contribution in [1.29, 1.82) is 0 Å². The number of benzene rings is 2. The van der Waals surface area contributed by atoms with Crippen molar-refractivity contribution in [2.24, 2.45) is 0 Å². The Labute approximate surface area is 121 Å². The van der Waals surface area contributed by atoms with Crippen LogP contribution < -0.4 is 5.32 Å². The summed E-state index contributed by atoms with van der Waals surface area (Å²) in [6.45, 7) is 0. The third-order valence-corrected chi connectivity index (χ3v) is 2.92. The van der Waals surface area contributed by atoms with Crippen molar-refractivity contribution < 1.29 is 14.5 Å². The first-order valence-electron chi connectivity index (χ1n) is 6.25. The number of rotatable bonds is 5. The van der Waals surface area contributed by atoms with Gasteiger partial charge >= 0.3 is 0 Å². The van der Waals surface area contributed by atoms with Crippen LogP contribution in [0.3, 0.4) is 0 Å². The van der Waals surface area contributed by atoms with Gasteiger partial charge in [-0.1, -0.05) is 30.3 Å². The Bertz CT molecular complexity index is 626. The molecule has 0 fully saturated rings. The average molecular weight is 286 g/mol. The number of carbonyl (C=O) groups excluding carboxylic acids is 1. The lowest BCUT2D eigenvalue weighted by atomic mass is 10.1. The second kappa shape index (κ2) is 6.62. The average Bonchev–Trinajstić information content (AvgIpc) is 2.49. The summed E-state index contributed by atoms with van der Waals surface area (Å²) < 4.78 is 5.21. The number of anilines is 1. The lowest BCUT2D eigenvalue weighted by Crippen LogP contribution is -2.22. The van der Waals surface area contributed by atoms with E-state index >= 15 is 0 Å². The van der Waals surface area contributed by atoms with E-state index in [-0.39, 0.29) is 11.6 Å². The molecule has 108 valence electrons. The maximum absolute atomic E-state index is 12.2. The van der Waals surface area contributed by atoms with Crippen LogP contribution in [0.1, 0.15) is 11.7 Å². The monoisotopic (exact) mass is 286 g/mol. The fraction of sp³-hybridized carbons (Fsp3) is 0.133. The summed E-state index contributed by atoms with van der Waals surface area (Å²) in [7, 11) is 1.45. The van der Waals surface area contributed by atoms with E-state index in [1.54, 1.807) is 12.1 Å². The lowest BCUT2D eigenvalue weighted by molar-refractivity contribution is -0.384. The first kappa shape index (κ1) is 14.7. The van der Waals surface area contributed by atoms with Crippen LogP contribution in [-0.4, -0.2) is 17.9 Å². The third kappa shape index (κ3) is 3.64. The van der Waals surface area contributed by atoms with Gasteiger partial charge in [0, 0.05) is 24.9 Å². The van der Waals surface area contributed by atoms with E-state index in [1.807, 2.05) is 18.2 Å². The van der Waals surface area contributed by atoms with Crippen molar-refractivity contribution in [3.8, 4) is 0 Å². The molecule has 0 bridgehead atoms. The van der Waals surface area contributed by atoms with Gasteiger partial charge in [0.05, 0.1) is 4.92 Å². The highest BCUT2D eigenvalue weighted by Gasteiger charge is 2.20. The van der Waals surface area contributed by atoms with Crippen molar-refractivity contribution in [3.63, 3.8) is 0 Å². The second-order valence-corrected chi connectivity index (χ2v) is 4.32. The van der Waals surface area contributed by atoms with Crippen molar-refractivity contribution in [2.45, 2.75) is 6.10 Å². The van der Waals surface area contributed by atoms with Gasteiger partial charge in [0.25, 0.3) is 11.6 Å². The van der Waals surface area contributed by atoms with Crippen LogP contribution in [-0.2, 0) is 9.53 Å². The van der Waals surface area contributed by atoms with Crippen molar-refractivity contribution in [2.75, 3.05) is 12.4 Å². The van der Waals surface area contributed by atoms with Crippen LogP contribution >= 0.6 is 0 Å². The van der Waals surface area contributed by atoms with Crippen LogP contribution in [0, 0.1) is 10.1 Å². The van der Waals surface area contributed by atoms with Gasteiger partial charge in [-0.2, -0.15) is 0 Å². The molecule has 2 aromatic rings. The largest absolute Gasteiger partial charge is 0.367 e. The van der Waals surface area contributed by atoms with Gasteiger partial charge in [-0.15, -0.1) is 0 Å². The standard InChI is InChI=1S/C15H14N2O4/c1-21-14(11-5-3-2-4-6-11)15(18)16-12-7-9-13(10-8-12)17(19)20/h2-10,14H,1H3,(H,16,18)/t14-/m0/s1. The van der Waals surface area contributed by atoms with Crippen molar-refractivity contribution >= 4 is 17.3 Å². The maximum atomic E-state index is 12.2. The number of nitro groups is 1. The van der Waals surface area contributed by atoms with Crippen LogP contribution in [0.4, 0.5) is 11.4 Å². The molecule has 0 radical (unpaired) electrons. The molecule has 0 spiro atoms. The SMILES string of the molecule is CO[C@H](C(=O)Nc1ccc([N+](=O)[O-])cc1)c1ccccc1. The predicted octanol–water partition coefficient (Wildman–Crippen LogP) is 2.92. The van der Waals surface area contributed by atoms with Crippen molar-refractivity contribution in [3.05, 3.63) is 70.3 Å². The van der Waals surface area contributed by atoms with Crippen LogP contribution in [0.5, 0.6) is 0 Å². The molecule has 0 aliphatic rings. The van der Waals surface area contributed by atoms with E-state index in [4.69, 9.17) is 4.74 Å². The Morgan fingerprint density at radius 1 is 1.14 bits per heavy atom. The van der Waals surface area contributed by atoms with E-state index in [0.717, 1.165) is 5.56 Å². The number of non-ortho nitro benzene ring substituents is 1. The molecule has 0 aromatic heterocycles. The number of methoxy groups -OCH3 is 1. The number of hydrogen-bond acceptors (Lipinski definition) is 4. The molecule has 2 aromatic carbocycles. The first-order chi connectivity index (χ1) is 10.1. The Morgan fingerprint density at radius 3 is 2.29 bits per heavy atom. The van der Waals surface area contributed by atoms with Gasteiger partial charge in [-0.25, -0.2) is 0 Å². The normalized spacial score (nSPS) is 11.7. The Hall–Kier alpha value is -2.73. The van der Waals surface area contributed by atoms with E-state index in [0.29, 0.717) is 5.69 Å². The molecule has 0 saturated carbocycles. The van der Waals surface area contributed by atoms with Gasteiger partial charge in [0.15, 0.2) is 6.10 Å². The number of nitrogens with one attached hydrogen (secondary N) is 1. The summed E-state index contributed by atoms with van der Waals surface area (Å²) in [5.74, 6) is -0.336. The lowest BCUT2D eigenvalue weighted by Gasteiger charge is -2.15. The molecule has 6 heteroatoms. The fourth-order valence-electron chi connectivity index (χ4n) is 1.90. The third-order valence-electron chi connectivity index (χ3n) is 2.92. The Kier molecular flexibility index (Phi) is 4.63. The van der Waals surface area contributed by atoms with Crippen LogP contribution in [0.15, 0.2) is 54.6 Å². The van der Waals surface area contributed by atoms with Gasteiger partial charge in [-0.05, 0) is 17.7 Å². The Morgan fingerprint density at radius 2 is 1.76 bits per heavy atom. The number of nitrogens with zero attached hydrogens (tertiary/aromatic N) is 1. The Balaban J connectivity index is 2.11. The summed E-state index contributed by atoms with van der Waals surface area (Å²) in [6.07, 6.45) is -0.735. The fourth-order valence-corrected chi connectivity index (χ4v) is 1.90. The van der Waals surface area contributed by atoms with E-state index in [2.05, 4.69) is 5.32 Å². The first-order valence-corrected chi connectivity index (χ1v) is 6.25. The van der Waals surface area contributed by atoms with Gasteiger partial charge < -0.3 is 10.1 Å². The minimum atomic E-state index is -0.735. The molecule has 1 amide bonds. The van der Waals surface area contributed by atoms with Gasteiger partial charge in [0.2, 0.25) is 0 Å². The van der Waals surface area contributed by atoms with Gasteiger partial charge in [-0.3, -0.25) is 14.9 Å². The zero-order valence-electron chi connectivity index (χ0n) is 11.4. The summed E-state index contributed by atoms with van der Waals surface area (Å²) in [4.78, 5) is 22.3. The molecule has 21 heavy (non-hydrogen) atoms. The molecular formula is C15H14N2O4. The second-order valence-electron chi connectivity index (χ2n) is 4.32. The number of amides is 1. The molecule has 2 rings (SSSR count). The summed E-state index contributed by atoms with van der Waals surface area (Å²) >= 11 is 0. The molecule has 0 heterocycles. The van der Waals surface area contributed by atoms with Gasteiger partial charge in [0.1, 0.15) is 0 Å². The van der Waals surface area contributed by atoms with E-state index < -0.39 is 11.0 Å². The molecular weight excluding hydrogens is 272 g/mol. The molecule has 1 N–H and O–H groups in total. The molecule has 0 unspecified atom stereocenters. The number of nitro benzene ring substituents is 1. The number of ether oxygens (including phenoxy) is 1. The molecule has 1 atom stereocenters. The minimum absolute atomic E-state index is 0.0284. The highest BCUT2D eigenvalue weighted by molar-refractivity contribution is 5.94. The molecule has 0 aliphatic heterocycles. The number of hydrogen-bond donors (Lipinski definition) is 1. The summed E-state index contributed by atoms with van der Waals surface area (Å²) in [5, 5.41) is 13.2.